The van der Waals surface area contributed by atoms with Crippen LogP contribution in [0.5, 0.6) is 0 Å². The van der Waals surface area contributed by atoms with Gasteiger partial charge in [0.05, 0.1) is 29.4 Å². The van der Waals surface area contributed by atoms with E-state index in [-0.39, 0.29) is 0 Å². The van der Waals surface area contributed by atoms with Crippen LogP contribution in [0.4, 0.5) is 5.82 Å². The highest BCUT2D eigenvalue weighted by Gasteiger charge is 2.27. The molecular weight excluding hydrogens is 406 g/mol. The molecule has 0 unspecified atom stereocenters. The second kappa shape index (κ2) is 9.18. The van der Waals surface area contributed by atoms with Crippen molar-refractivity contribution in [2.24, 2.45) is 0 Å². The number of hydrogen-bond donors (Lipinski definition) is 1. The zero-order chi connectivity index (χ0) is 21.2. The van der Waals surface area contributed by atoms with Gasteiger partial charge in [0.2, 0.25) is 0 Å². The molecule has 0 radical (unpaired) electrons. The summed E-state index contributed by atoms with van der Waals surface area (Å²) in [6.45, 7) is 8.30. The smallest absolute Gasteiger partial charge is 0.137 e. The normalized spacial score (nSPS) is 22.8. The monoisotopic (exact) mass is 437 g/mol. The zero-order valence-electron chi connectivity index (χ0n) is 18.4. The van der Waals surface area contributed by atoms with Crippen LogP contribution in [0.3, 0.4) is 0 Å². The van der Waals surface area contributed by atoms with Crippen molar-refractivity contribution in [2.75, 3.05) is 31.6 Å². The summed E-state index contributed by atoms with van der Waals surface area (Å²) >= 11 is 1.73. The number of aromatic nitrogens is 3. The van der Waals surface area contributed by atoms with Gasteiger partial charge in [-0.15, -0.1) is 11.3 Å². The summed E-state index contributed by atoms with van der Waals surface area (Å²) in [6, 6.07) is 7.56. The molecule has 0 spiro atoms. The first-order chi connectivity index (χ1) is 15.2. The first-order valence-electron chi connectivity index (χ1n) is 11.5. The largest absolute Gasteiger partial charge is 0.379 e. The molecule has 31 heavy (non-hydrogen) atoms. The molecule has 0 amide bonds. The van der Waals surface area contributed by atoms with E-state index in [1.54, 1.807) is 17.7 Å². The molecular formula is C24H31N5OS. The Balaban J connectivity index is 1.31. The van der Waals surface area contributed by atoms with Crippen molar-refractivity contribution in [3.05, 3.63) is 34.9 Å². The third-order valence-electron chi connectivity index (χ3n) is 6.55. The molecule has 3 heterocycles. The predicted octanol–water partition coefficient (Wildman–Crippen LogP) is 4.93. The summed E-state index contributed by atoms with van der Waals surface area (Å²) in [5.74, 6) is 1.40. The number of anilines is 1. The Kier molecular flexibility index (Phi) is 6.16. The van der Waals surface area contributed by atoms with E-state index in [2.05, 4.69) is 57.6 Å². The number of hydrogen-bond acceptors (Lipinski definition) is 7. The van der Waals surface area contributed by atoms with Gasteiger partial charge in [-0.05, 0) is 37.8 Å². The van der Waals surface area contributed by atoms with Gasteiger partial charge < -0.3 is 10.1 Å². The Labute approximate surface area is 188 Å². The fraction of sp³-hybridized carbons (Fsp3) is 0.542. The van der Waals surface area contributed by atoms with E-state index < -0.39 is 0 Å². The molecule has 1 aromatic carbocycles. The van der Waals surface area contributed by atoms with E-state index in [1.165, 1.54) is 30.7 Å². The maximum Gasteiger partial charge on any atom is 0.137 e. The van der Waals surface area contributed by atoms with Gasteiger partial charge in [0.15, 0.2) is 0 Å². The average molecular weight is 438 g/mol. The van der Waals surface area contributed by atoms with Crippen LogP contribution >= 0.6 is 11.3 Å². The predicted molar refractivity (Wildman–Crippen MR) is 127 cm³/mol. The lowest BCUT2D eigenvalue weighted by Gasteiger charge is -2.39. The van der Waals surface area contributed by atoms with Gasteiger partial charge in [0, 0.05) is 47.4 Å². The molecule has 1 aliphatic heterocycles. The van der Waals surface area contributed by atoms with Crippen LogP contribution in [0.25, 0.3) is 22.2 Å². The standard InChI is InChI=1S/C24H31N5OS/c1-16(2)24-28-22(14-31-24)17-3-8-21-20(13-17)23(26-15-25-21)27-18-4-6-19(7-5-18)29-9-11-30-12-10-29/h3,8,13-16,18-19H,4-7,9-12H2,1-2H3,(H,25,26,27). The lowest BCUT2D eigenvalue weighted by atomic mass is 9.90. The quantitative estimate of drug-likeness (QED) is 0.610. The Morgan fingerprint density at radius 2 is 1.90 bits per heavy atom. The number of morpholine rings is 1. The molecule has 7 heteroatoms. The molecule has 3 aromatic rings. The molecule has 2 aromatic heterocycles. The van der Waals surface area contributed by atoms with Crippen molar-refractivity contribution in [1.82, 2.24) is 19.9 Å². The number of nitrogens with zero attached hydrogens (tertiary/aromatic N) is 4. The number of ether oxygens (including phenoxy) is 1. The Hall–Kier alpha value is -2.09. The van der Waals surface area contributed by atoms with Crippen molar-refractivity contribution in [2.45, 2.75) is 57.5 Å². The molecule has 0 atom stereocenters. The van der Waals surface area contributed by atoms with Crippen LogP contribution in [-0.2, 0) is 4.74 Å². The average Bonchev–Trinajstić information content (AvgIpc) is 3.31. The minimum absolute atomic E-state index is 0.451. The summed E-state index contributed by atoms with van der Waals surface area (Å²) in [4.78, 5) is 16.5. The fourth-order valence-electron chi connectivity index (χ4n) is 4.74. The molecule has 6 nitrogen and oxygen atoms in total. The van der Waals surface area contributed by atoms with Crippen LogP contribution in [0.2, 0.25) is 0 Å². The highest BCUT2D eigenvalue weighted by molar-refractivity contribution is 7.10. The second-order valence-corrected chi connectivity index (χ2v) is 9.87. The van der Waals surface area contributed by atoms with Gasteiger partial charge in [-0.3, -0.25) is 4.90 Å². The molecule has 5 rings (SSSR count). The third kappa shape index (κ3) is 4.59. The molecule has 2 aliphatic rings. The van der Waals surface area contributed by atoms with Crippen molar-refractivity contribution in [3.63, 3.8) is 0 Å². The number of rotatable bonds is 5. The highest BCUT2D eigenvalue weighted by Crippen LogP contribution is 2.31. The van der Waals surface area contributed by atoms with Gasteiger partial charge in [-0.2, -0.15) is 0 Å². The number of thiazole rings is 1. The summed E-state index contributed by atoms with van der Waals surface area (Å²) in [6.07, 6.45) is 6.50. The molecule has 1 saturated heterocycles. The van der Waals surface area contributed by atoms with Crippen molar-refractivity contribution in [3.8, 4) is 11.3 Å². The topological polar surface area (TPSA) is 63.2 Å². The van der Waals surface area contributed by atoms with Gasteiger partial charge >= 0.3 is 0 Å². The molecule has 164 valence electrons. The summed E-state index contributed by atoms with van der Waals surface area (Å²) in [5, 5.41) is 8.14. The van der Waals surface area contributed by atoms with Crippen LogP contribution in [0.15, 0.2) is 29.9 Å². The van der Waals surface area contributed by atoms with E-state index in [0.29, 0.717) is 18.0 Å². The lowest BCUT2D eigenvalue weighted by molar-refractivity contribution is 0.00791. The Morgan fingerprint density at radius 3 is 2.65 bits per heavy atom. The maximum atomic E-state index is 5.51. The highest BCUT2D eigenvalue weighted by atomic mass is 32.1. The van der Waals surface area contributed by atoms with Gasteiger partial charge in [0.1, 0.15) is 12.1 Å². The Bertz CT molecular complexity index is 1020. The summed E-state index contributed by atoms with van der Waals surface area (Å²) in [7, 11) is 0. The maximum absolute atomic E-state index is 5.51. The van der Waals surface area contributed by atoms with Crippen molar-refractivity contribution >= 4 is 28.1 Å². The number of nitrogens with one attached hydrogen (secondary N) is 1. The molecule has 1 N–H and O–H groups in total. The van der Waals surface area contributed by atoms with Crippen LogP contribution in [0.1, 0.15) is 50.5 Å². The first-order valence-corrected chi connectivity index (χ1v) is 12.3. The first kappa shape index (κ1) is 20.8. The summed E-state index contributed by atoms with van der Waals surface area (Å²) < 4.78 is 5.51. The molecule has 0 bridgehead atoms. The van der Waals surface area contributed by atoms with Crippen molar-refractivity contribution < 1.29 is 4.74 Å². The van der Waals surface area contributed by atoms with Crippen LogP contribution < -0.4 is 5.32 Å². The lowest BCUT2D eigenvalue weighted by Crippen LogP contribution is -2.46. The minimum Gasteiger partial charge on any atom is -0.379 e. The van der Waals surface area contributed by atoms with Gasteiger partial charge in [-0.25, -0.2) is 15.0 Å². The number of benzene rings is 1. The van der Waals surface area contributed by atoms with Gasteiger partial charge in [-0.1, -0.05) is 19.9 Å². The van der Waals surface area contributed by atoms with Crippen LogP contribution in [0, 0.1) is 0 Å². The van der Waals surface area contributed by atoms with Gasteiger partial charge in [0.25, 0.3) is 0 Å². The van der Waals surface area contributed by atoms with E-state index >= 15 is 0 Å². The molecule has 1 aliphatic carbocycles. The van der Waals surface area contributed by atoms with E-state index in [1.807, 2.05) is 0 Å². The Morgan fingerprint density at radius 1 is 1.10 bits per heavy atom. The summed E-state index contributed by atoms with van der Waals surface area (Å²) in [5.41, 5.74) is 3.14. The minimum atomic E-state index is 0.451. The fourth-order valence-corrected chi connectivity index (χ4v) is 5.58. The van der Waals surface area contributed by atoms with Crippen LogP contribution in [-0.4, -0.2) is 58.2 Å². The van der Waals surface area contributed by atoms with E-state index in [9.17, 15) is 0 Å². The molecule has 2 fully saturated rings. The van der Waals surface area contributed by atoms with E-state index in [4.69, 9.17) is 9.72 Å². The third-order valence-corrected chi connectivity index (χ3v) is 7.69. The van der Waals surface area contributed by atoms with Crippen molar-refractivity contribution in [1.29, 1.82) is 0 Å². The van der Waals surface area contributed by atoms with E-state index in [0.717, 1.165) is 54.3 Å². The molecule has 1 saturated carbocycles. The second-order valence-electron chi connectivity index (χ2n) is 8.98. The number of fused-ring (bicyclic) bond motifs is 1. The SMILES string of the molecule is CC(C)c1nc(-c2ccc3ncnc(NC4CCC(N5CCOCC5)CC4)c3c2)cs1. The zero-order valence-corrected chi connectivity index (χ0v) is 19.2.